The molecule has 0 fully saturated rings. The second-order valence-electron chi connectivity index (χ2n) is 17.2. The van der Waals surface area contributed by atoms with Crippen molar-refractivity contribution in [1.82, 2.24) is 0 Å². The van der Waals surface area contributed by atoms with Crippen LogP contribution in [0.15, 0.2) is 194 Å². The Hall–Kier alpha value is -7.06. The summed E-state index contributed by atoms with van der Waals surface area (Å²) in [6, 6.07) is 73.0. The van der Waals surface area contributed by atoms with Crippen LogP contribution in [0.3, 0.4) is 0 Å². The molecular formula is C59H38S. The van der Waals surface area contributed by atoms with E-state index in [9.17, 15) is 0 Å². The van der Waals surface area contributed by atoms with E-state index in [1.807, 2.05) is 11.3 Å². The molecule has 0 aliphatic heterocycles. The molecule has 11 aromatic carbocycles. The topological polar surface area (TPSA) is 0 Å². The second kappa shape index (κ2) is 12.5. The van der Waals surface area contributed by atoms with Crippen molar-refractivity contribution < 1.29 is 0 Å². The van der Waals surface area contributed by atoms with Gasteiger partial charge in [-0.1, -0.05) is 172 Å². The quantitative estimate of drug-likeness (QED) is 0.157. The van der Waals surface area contributed by atoms with Crippen molar-refractivity contribution in [3.05, 3.63) is 205 Å². The molecule has 0 spiro atoms. The molecule has 280 valence electrons. The van der Waals surface area contributed by atoms with Gasteiger partial charge in [0, 0.05) is 25.6 Å². The molecule has 0 radical (unpaired) electrons. The highest BCUT2D eigenvalue weighted by Crippen LogP contribution is 2.54. The minimum absolute atomic E-state index is 0.107. The molecule has 12 aromatic rings. The summed E-state index contributed by atoms with van der Waals surface area (Å²) < 4.78 is 2.71. The van der Waals surface area contributed by atoms with Crippen LogP contribution in [-0.4, -0.2) is 0 Å². The third-order valence-corrected chi connectivity index (χ3v) is 14.7. The third kappa shape index (κ3) is 4.79. The van der Waals surface area contributed by atoms with Gasteiger partial charge in [-0.15, -0.1) is 11.3 Å². The SMILES string of the molecule is CC1(C)c2ccc(-c3ccc4cc(-c5c6ccccc6c(-c6ccc7ccccc7c6)c6ccccc56)ccc4c3)cc2-c2ccc3c(ccc4sc5ccccc5c43)c21. The zero-order chi connectivity index (χ0) is 39.7. The van der Waals surface area contributed by atoms with Crippen LogP contribution in [0.5, 0.6) is 0 Å². The summed E-state index contributed by atoms with van der Waals surface area (Å²) in [6.45, 7) is 4.81. The van der Waals surface area contributed by atoms with Gasteiger partial charge in [0.1, 0.15) is 0 Å². The first-order valence-electron chi connectivity index (χ1n) is 21.0. The first kappa shape index (κ1) is 33.9. The minimum atomic E-state index is -0.107. The molecule has 60 heavy (non-hydrogen) atoms. The van der Waals surface area contributed by atoms with Crippen LogP contribution in [0.25, 0.3) is 119 Å². The molecule has 1 aliphatic rings. The van der Waals surface area contributed by atoms with E-state index in [1.165, 1.54) is 130 Å². The molecule has 0 nitrogen and oxygen atoms in total. The molecule has 0 atom stereocenters. The fraction of sp³-hybridized carbons (Fsp3) is 0.0508. The molecule has 1 aromatic heterocycles. The van der Waals surface area contributed by atoms with E-state index in [0.717, 1.165) is 0 Å². The molecule has 1 aliphatic carbocycles. The average molecular weight is 779 g/mol. The predicted octanol–water partition coefficient (Wildman–Crippen LogP) is 17.1. The van der Waals surface area contributed by atoms with E-state index in [-0.39, 0.29) is 5.41 Å². The molecule has 0 saturated heterocycles. The minimum Gasteiger partial charge on any atom is -0.135 e. The highest BCUT2D eigenvalue weighted by atomic mass is 32.1. The van der Waals surface area contributed by atoms with Gasteiger partial charge in [-0.05, 0) is 146 Å². The molecule has 0 saturated carbocycles. The van der Waals surface area contributed by atoms with Crippen molar-refractivity contribution in [2.24, 2.45) is 0 Å². The molecule has 0 N–H and O–H groups in total. The van der Waals surface area contributed by atoms with Crippen LogP contribution in [0.1, 0.15) is 25.0 Å². The Kier molecular flexibility index (Phi) is 7.04. The fourth-order valence-electron chi connectivity index (χ4n) is 10.8. The van der Waals surface area contributed by atoms with Crippen LogP contribution in [0.4, 0.5) is 0 Å². The summed E-state index contributed by atoms with van der Waals surface area (Å²) >= 11 is 1.90. The summed E-state index contributed by atoms with van der Waals surface area (Å²) in [4.78, 5) is 0. The molecule has 0 bridgehead atoms. The first-order chi connectivity index (χ1) is 29.5. The van der Waals surface area contributed by atoms with E-state index in [4.69, 9.17) is 0 Å². The lowest BCUT2D eigenvalue weighted by molar-refractivity contribution is 0.666. The smallest absolute Gasteiger partial charge is 0.0361 e. The van der Waals surface area contributed by atoms with Crippen molar-refractivity contribution in [2.75, 3.05) is 0 Å². The summed E-state index contributed by atoms with van der Waals surface area (Å²) in [6.07, 6.45) is 0. The summed E-state index contributed by atoms with van der Waals surface area (Å²) in [5.74, 6) is 0. The van der Waals surface area contributed by atoms with Crippen LogP contribution in [-0.2, 0) is 5.41 Å². The van der Waals surface area contributed by atoms with E-state index < -0.39 is 0 Å². The molecule has 0 amide bonds. The van der Waals surface area contributed by atoms with Gasteiger partial charge in [-0.3, -0.25) is 0 Å². The highest BCUT2D eigenvalue weighted by Gasteiger charge is 2.37. The number of hydrogen-bond acceptors (Lipinski definition) is 1. The molecule has 1 heteroatoms. The van der Waals surface area contributed by atoms with Gasteiger partial charge in [0.2, 0.25) is 0 Å². The van der Waals surface area contributed by atoms with Gasteiger partial charge in [-0.25, -0.2) is 0 Å². The number of fused-ring (bicyclic) bond motifs is 13. The Labute approximate surface area is 352 Å². The van der Waals surface area contributed by atoms with Crippen molar-refractivity contribution in [1.29, 1.82) is 0 Å². The van der Waals surface area contributed by atoms with Crippen molar-refractivity contribution in [2.45, 2.75) is 19.3 Å². The van der Waals surface area contributed by atoms with Crippen molar-refractivity contribution in [3.63, 3.8) is 0 Å². The summed E-state index contributed by atoms with van der Waals surface area (Å²) in [7, 11) is 0. The normalized spacial score (nSPS) is 13.3. The maximum absolute atomic E-state index is 2.44. The van der Waals surface area contributed by atoms with Gasteiger partial charge < -0.3 is 0 Å². The second-order valence-corrected chi connectivity index (χ2v) is 18.3. The largest absolute Gasteiger partial charge is 0.135 e. The Morgan fingerprint density at radius 2 is 0.833 bits per heavy atom. The standard InChI is InChI=1S/C59H38S/c1-59(2)52-29-25-40(34-51(52)49-27-26-47-48(58(49)59)28-30-54-57(47)50-17-9-10-18-53(50)60-54)38-20-21-39-33-42(24-22-37(39)31-38)56-45-15-7-5-13-43(45)55(44-14-6-8-16-46(44)56)41-23-19-35-11-3-4-12-36(35)32-41/h3-34H,1-2H3. The average Bonchev–Trinajstić information content (AvgIpc) is 3.79. The van der Waals surface area contributed by atoms with Gasteiger partial charge in [-0.2, -0.15) is 0 Å². The maximum Gasteiger partial charge on any atom is 0.0361 e. The lowest BCUT2D eigenvalue weighted by Gasteiger charge is -2.23. The monoisotopic (exact) mass is 778 g/mol. The zero-order valence-corrected chi connectivity index (χ0v) is 34.2. The van der Waals surface area contributed by atoms with Crippen LogP contribution in [0, 0.1) is 0 Å². The lowest BCUT2D eigenvalue weighted by atomic mass is 9.79. The lowest BCUT2D eigenvalue weighted by Crippen LogP contribution is -2.15. The third-order valence-electron chi connectivity index (χ3n) is 13.6. The summed E-state index contributed by atoms with van der Waals surface area (Å²) in [5.41, 5.74) is 13.0. The van der Waals surface area contributed by atoms with Gasteiger partial charge >= 0.3 is 0 Å². The fourth-order valence-corrected chi connectivity index (χ4v) is 12.0. The Morgan fingerprint density at radius 3 is 1.52 bits per heavy atom. The first-order valence-corrected chi connectivity index (χ1v) is 21.8. The van der Waals surface area contributed by atoms with E-state index >= 15 is 0 Å². The predicted molar refractivity (Wildman–Crippen MR) is 261 cm³/mol. The number of thiophene rings is 1. The van der Waals surface area contributed by atoms with E-state index in [2.05, 4.69) is 208 Å². The van der Waals surface area contributed by atoms with Gasteiger partial charge in [0.25, 0.3) is 0 Å². The molecular weight excluding hydrogens is 741 g/mol. The molecule has 0 unspecified atom stereocenters. The van der Waals surface area contributed by atoms with Gasteiger partial charge in [0.15, 0.2) is 0 Å². The van der Waals surface area contributed by atoms with Crippen LogP contribution < -0.4 is 0 Å². The Balaban J connectivity index is 0.921. The highest BCUT2D eigenvalue weighted by molar-refractivity contribution is 7.26. The number of hydrogen-bond donors (Lipinski definition) is 0. The van der Waals surface area contributed by atoms with Crippen LogP contribution >= 0.6 is 11.3 Å². The van der Waals surface area contributed by atoms with Crippen molar-refractivity contribution in [3.8, 4) is 44.5 Å². The van der Waals surface area contributed by atoms with E-state index in [0.29, 0.717) is 0 Å². The van der Waals surface area contributed by atoms with E-state index in [1.54, 1.807) is 0 Å². The molecule has 1 heterocycles. The maximum atomic E-state index is 2.44. The Bertz CT molecular complexity index is 3750. The molecule has 13 rings (SSSR count). The van der Waals surface area contributed by atoms with Crippen molar-refractivity contribution >= 4 is 85.4 Å². The zero-order valence-electron chi connectivity index (χ0n) is 33.4. The van der Waals surface area contributed by atoms with Gasteiger partial charge in [0.05, 0.1) is 0 Å². The summed E-state index contributed by atoms with van der Waals surface area (Å²) in [5, 5.41) is 15.6. The van der Waals surface area contributed by atoms with Crippen LogP contribution in [0.2, 0.25) is 0 Å². The number of benzene rings is 11. The number of rotatable bonds is 3. The Morgan fingerprint density at radius 1 is 0.333 bits per heavy atom.